The van der Waals surface area contributed by atoms with E-state index in [4.69, 9.17) is 11.6 Å². The summed E-state index contributed by atoms with van der Waals surface area (Å²) in [5.41, 5.74) is 3.05. The maximum Gasteiger partial charge on any atom is 0.264 e. The van der Waals surface area contributed by atoms with Gasteiger partial charge in [0, 0.05) is 24.5 Å². The van der Waals surface area contributed by atoms with Gasteiger partial charge in [-0.15, -0.1) is 0 Å². The normalized spacial score (nSPS) is 12.0. The zero-order chi connectivity index (χ0) is 31.7. The average Bonchev–Trinajstić information content (AvgIpc) is 3.01. The number of benzene rings is 4. The zero-order valence-corrected chi connectivity index (χ0v) is 26.8. The number of sulfonamides is 1. The molecule has 230 valence electrons. The van der Waals surface area contributed by atoms with Gasteiger partial charge in [-0.3, -0.25) is 13.9 Å². The molecule has 0 bridgehead atoms. The molecule has 0 spiro atoms. The van der Waals surface area contributed by atoms with Crippen molar-refractivity contribution in [3.63, 3.8) is 0 Å². The Bertz CT molecular complexity index is 1650. The van der Waals surface area contributed by atoms with Crippen LogP contribution in [0.4, 0.5) is 5.69 Å². The molecule has 0 aliphatic rings. The summed E-state index contributed by atoms with van der Waals surface area (Å²) in [6.45, 7) is 6.02. The third-order valence-electron chi connectivity index (χ3n) is 7.12. The van der Waals surface area contributed by atoms with Crippen molar-refractivity contribution in [2.45, 2.75) is 44.7 Å². The summed E-state index contributed by atoms with van der Waals surface area (Å²) in [6, 6.07) is 30.7. The van der Waals surface area contributed by atoms with E-state index in [-0.39, 0.29) is 29.7 Å². The molecule has 4 aromatic carbocycles. The molecule has 0 aromatic heterocycles. The van der Waals surface area contributed by atoms with Gasteiger partial charge in [-0.05, 0) is 60.4 Å². The van der Waals surface area contributed by atoms with E-state index in [1.165, 1.54) is 29.2 Å². The second kappa shape index (κ2) is 15.0. The smallest absolute Gasteiger partial charge is 0.264 e. The molecule has 0 radical (unpaired) electrons. The number of nitrogens with zero attached hydrogens (tertiary/aromatic N) is 2. The molecule has 2 amide bonds. The highest BCUT2D eigenvalue weighted by Gasteiger charge is 2.34. The Morgan fingerprint density at radius 1 is 0.818 bits per heavy atom. The van der Waals surface area contributed by atoms with Gasteiger partial charge in [0.25, 0.3) is 10.0 Å². The van der Waals surface area contributed by atoms with Gasteiger partial charge in [0.05, 0.1) is 10.6 Å². The second-order valence-electron chi connectivity index (χ2n) is 11.2. The molecular weight excluding hydrogens is 594 g/mol. The van der Waals surface area contributed by atoms with E-state index in [1.807, 2.05) is 75.4 Å². The lowest BCUT2D eigenvalue weighted by molar-refractivity contribution is -0.140. The lowest BCUT2D eigenvalue weighted by atomic mass is 10.0. The minimum Gasteiger partial charge on any atom is -0.354 e. The van der Waals surface area contributed by atoms with Crippen LogP contribution >= 0.6 is 11.6 Å². The van der Waals surface area contributed by atoms with E-state index in [2.05, 4.69) is 5.32 Å². The molecule has 0 heterocycles. The van der Waals surface area contributed by atoms with E-state index in [0.29, 0.717) is 17.3 Å². The number of para-hydroxylation sites is 1. The summed E-state index contributed by atoms with van der Waals surface area (Å²) in [4.78, 5) is 29.8. The minimum atomic E-state index is -4.18. The van der Waals surface area contributed by atoms with Crippen molar-refractivity contribution in [3.05, 3.63) is 131 Å². The zero-order valence-electron chi connectivity index (χ0n) is 25.2. The fourth-order valence-electron chi connectivity index (χ4n) is 4.84. The SMILES string of the molecule is Cc1cccc(CN(C(=O)CN(c2ccccc2)S(=O)(=O)c2ccc(Cl)cc2)[C@@H](Cc2ccccc2)C(=O)NCC(C)C)c1. The van der Waals surface area contributed by atoms with Crippen LogP contribution in [-0.2, 0) is 32.6 Å². The molecular formula is C35H38ClN3O4S. The van der Waals surface area contributed by atoms with E-state index in [1.54, 1.807) is 30.3 Å². The number of aryl methyl sites for hydroxylation is 1. The lowest BCUT2D eigenvalue weighted by Crippen LogP contribution is -2.53. The number of carbonyl (C=O) groups excluding carboxylic acids is 2. The summed E-state index contributed by atoms with van der Waals surface area (Å²) >= 11 is 6.04. The molecule has 9 heteroatoms. The number of hydrogen-bond acceptors (Lipinski definition) is 4. The highest BCUT2D eigenvalue weighted by atomic mass is 35.5. The molecule has 0 saturated carbocycles. The average molecular weight is 632 g/mol. The summed E-state index contributed by atoms with van der Waals surface area (Å²) in [5, 5.41) is 3.40. The van der Waals surface area contributed by atoms with Gasteiger partial charge in [-0.1, -0.05) is 104 Å². The number of carbonyl (C=O) groups is 2. The predicted octanol–water partition coefficient (Wildman–Crippen LogP) is 6.26. The van der Waals surface area contributed by atoms with Gasteiger partial charge in [0.2, 0.25) is 11.8 Å². The molecule has 0 fully saturated rings. The first kappa shape index (κ1) is 32.8. The van der Waals surface area contributed by atoms with E-state index in [9.17, 15) is 18.0 Å². The standard InChI is InChI=1S/C35H38ClN3O4S/c1-26(2)23-37-35(41)33(22-28-12-6-4-7-13-28)38(24-29-14-10-11-27(3)21-29)34(40)25-39(31-15-8-5-9-16-31)44(42,43)32-19-17-30(36)18-20-32/h4-21,26,33H,22-25H2,1-3H3,(H,37,41)/t33-/m0/s1. The van der Waals surface area contributed by atoms with Crippen LogP contribution in [0.1, 0.15) is 30.5 Å². The number of halogens is 1. The lowest BCUT2D eigenvalue weighted by Gasteiger charge is -2.34. The number of nitrogens with one attached hydrogen (secondary N) is 1. The van der Waals surface area contributed by atoms with Crippen LogP contribution in [0.25, 0.3) is 0 Å². The van der Waals surface area contributed by atoms with Crippen LogP contribution in [-0.4, -0.2) is 44.3 Å². The van der Waals surface area contributed by atoms with Crippen molar-refractivity contribution in [1.29, 1.82) is 0 Å². The summed E-state index contributed by atoms with van der Waals surface area (Å²) in [7, 11) is -4.18. The minimum absolute atomic E-state index is 0.000649. The molecule has 7 nitrogen and oxygen atoms in total. The first-order valence-electron chi connectivity index (χ1n) is 14.5. The topological polar surface area (TPSA) is 86.8 Å². The Morgan fingerprint density at radius 2 is 1.43 bits per heavy atom. The fraction of sp³-hybridized carbons (Fsp3) is 0.257. The first-order valence-corrected chi connectivity index (χ1v) is 16.4. The van der Waals surface area contributed by atoms with Crippen molar-refractivity contribution in [2.75, 3.05) is 17.4 Å². The Kier molecular flexibility index (Phi) is 11.2. The Balaban J connectivity index is 1.78. The number of rotatable bonds is 13. The van der Waals surface area contributed by atoms with Crippen molar-refractivity contribution in [2.24, 2.45) is 5.92 Å². The van der Waals surface area contributed by atoms with Gasteiger partial charge in [0.15, 0.2) is 0 Å². The molecule has 4 rings (SSSR count). The van der Waals surface area contributed by atoms with Crippen molar-refractivity contribution < 1.29 is 18.0 Å². The molecule has 44 heavy (non-hydrogen) atoms. The Hall–Kier alpha value is -4.14. The molecule has 1 N–H and O–H groups in total. The van der Waals surface area contributed by atoms with E-state index < -0.39 is 28.5 Å². The maximum atomic E-state index is 14.4. The molecule has 1 atom stereocenters. The maximum absolute atomic E-state index is 14.4. The second-order valence-corrected chi connectivity index (χ2v) is 13.5. The summed E-state index contributed by atoms with van der Waals surface area (Å²) in [5.74, 6) is -0.598. The van der Waals surface area contributed by atoms with Crippen molar-refractivity contribution >= 4 is 39.1 Å². The highest BCUT2D eigenvalue weighted by Crippen LogP contribution is 2.26. The number of amides is 2. The van der Waals surface area contributed by atoms with Gasteiger partial charge in [-0.25, -0.2) is 8.42 Å². The molecule has 0 aliphatic heterocycles. The Morgan fingerprint density at radius 3 is 2.05 bits per heavy atom. The van der Waals surface area contributed by atoms with Crippen LogP contribution in [0.15, 0.2) is 114 Å². The number of anilines is 1. The van der Waals surface area contributed by atoms with Gasteiger partial charge < -0.3 is 10.2 Å². The highest BCUT2D eigenvalue weighted by molar-refractivity contribution is 7.92. The van der Waals surface area contributed by atoms with Crippen LogP contribution < -0.4 is 9.62 Å². The first-order chi connectivity index (χ1) is 21.0. The monoisotopic (exact) mass is 631 g/mol. The van der Waals surface area contributed by atoms with Crippen molar-refractivity contribution in [1.82, 2.24) is 10.2 Å². The van der Waals surface area contributed by atoms with Crippen molar-refractivity contribution in [3.8, 4) is 0 Å². The van der Waals surface area contributed by atoms with Crippen LogP contribution in [0.3, 0.4) is 0 Å². The Labute approximate surface area is 265 Å². The summed E-state index contributed by atoms with van der Waals surface area (Å²) < 4.78 is 29.1. The van der Waals surface area contributed by atoms with E-state index >= 15 is 0 Å². The van der Waals surface area contributed by atoms with Crippen LogP contribution in [0.5, 0.6) is 0 Å². The van der Waals surface area contributed by atoms with E-state index in [0.717, 1.165) is 21.0 Å². The van der Waals surface area contributed by atoms with Gasteiger partial charge in [-0.2, -0.15) is 0 Å². The predicted molar refractivity (Wildman–Crippen MR) is 176 cm³/mol. The molecule has 0 saturated heterocycles. The van der Waals surface area contributed by atoms with Crippen LogP contribution in [0, 0.1) is 12.8 Å². The van der Waals surface area contributed by atoms with Gasteiger partial charge >= 0.3 is 0 Å². The molecule has 0 aliphatic carbocycles. The third kappa shape index (κ3) is 8.71. The number of hydrogen-bond donors (Lipinski definition) is 1. The van der Waals surface area contributed by atoms with Gasteiger partial charge in [0.1, 0.15) is 12.6 Å². The van der Waals surface area contributed by atoms with Crippen LogP contribution in [0.2, 0.25) is 5.02 Å². The molecule has 0 unspecified atom stereocenters. The quantitative estimate of drug-likeness (QED) is 0.189. The largest absolute Gasteiger partial charge is 0.354 e. The fourth-order valence-corrected chi connectivity index (χ4v) is 6.38. The third-order valence-corrected chi connectivity index (χ3v) is 9.16. The molecule has 4 aromatic rings. The summed E-state index contributed by atoms with van der Waals surface area (Å²) in [6.07, 6.45) is 0.262.